The minimum atomic E-state index is -0.115. The summed E-state index contributed by atoms with van der Waals surface area (Å²) >= 11 is 1.58. The molecule has 2 aromatic heterocycles. The molecule has 0 unspecified atom stereocenters. The molecule has 1 amide bonds. The van der Waals surface area contributed by atoms with E-state index in [9.17, 15) is 4.79 Å². The first-order valence-corrected chi connectivity index (χ1v) is 10.0. The molecule has 1 saturated heterocycles. The number of likely N-dealkylation sites (N-methyl/N-ethyl adjacent to an activating group) is 2. The lowest BCUT2D eigenvalue weighted by atomic mass is 10.2. The van der Waals surface area contributed by atoms with Gasteiger partial charge in [0.05, 0.1) is 17.8 Å². The molecule has 1 atom stereocenters. The molecule has 0 saturated carbocycles. The van der Waals surface area contributed by atoms with Crippen molar-refractivity contribution in [2.75, 3.05) is 32.1 Å². The van der Waals surface area contributed by atoms with E-state index < -0.39 is 0 Å². The molecule has 0 aromatic carbocycles. The molecule has 2 aromatic rings. The highest BCUT2D eigenvalue weighted by Crippen LogP contribution is 2.18. The van der Waals surface area contributed by atoms with E-state index in [1.165, 1.54) is 19.4 Å². The zero-order valence-electron chi connectivity index (χ0n) is 15.7. The van der Waals surface area contributed by atoms with Crippen molar-refractivity contribution < 1.29 is 4.79 Å². The highest BCUT2D eigenvalue weighted by atomic mass is 32.1. The zero-order valence-corrected chi connectivity index (χ0v) is 16.6. The van der Waals surface area contributed by atoms with Crippen molar-refractivity contribution in [1.82, 2.24) is 20.2 Å². The minimum Gasteiger partial charge on any atom is -0.358 e. The van der Waals surface area contributed by atoms with Gasteiger partial charge in [-0.3, -0.25) is 4.79 Å². The Labute approximate surface area is 159 Å². The van der Waals surface area contributed by atoms with Gasteiger partial charge in [-0.05, 0) is 45.0 Å². The van der Waals surface area contributed by atoms with E-state index in [0.717, 1.165) is 29.5 Å². The fourth-order valence-corrected chi connectivity index (χ4v) is 4.03. The summed E-state index contributed by atoms with van der Waals surface area (Å²) in [6.07, 6.45) is 5.07. The molecule has 0 spiro atoms. The Hall–Kier alpha value is -1.99. The lowest BCUT2D eigenvalue weighted by Gasteiger charge is -2.26. The van der Waals surface area contributed by atoms with E-state index in [4.69, 9.17) is 0 Å². The quantitative estimate of drug-likeness (QED) is 0.808. The van der Waals surface area contributed by atoms with Crippen LogP contribution in [-0.4, -0.2) is 54.0 Å². The summed E-state index contributed by atoms with van der Waals surface area (Å²) in [4.78, 5) is 25.8. The molecule has 6 nitrogen and oxygen atoms in total. The number of hydrogen-bond donors (Lipinski definition) is 1. The number of hydrogen-bond acceptors (Lipinski definition) is 6. The first-order chi connectivity index (χ1) is 12.6. The number of pyridine rings is 1. The Morgan fingerprint density at radius 1 is 1.46 bits per heavy atom. The van der Waals surface area contributed by atoms with Gasteiger partial charge in [0.2, 0.25) is 0 Å². The maximum atomic E-state index is 12.3. The van der Waals surface area contributed by atoms with Gasteiger partial charge in [-0.2, -0.15) is 0 Å². The monoisotopic (exact) mass is 373 g/mol. The predicted molar refractivity (Wildman–Crippen MR) is 106 cm³/mol. The summed E-state index contributed by atoms with van der Waals surface area (Å²) in [7, 11) is 4.24. The standard InChI is InChI=1S/C19H27N5OS/c1-4-15-13-26-18(22-15)11-21-19(25)14-7-8-17(20-10-14)24(3)12-16-6-5-9-23(16)2/h7-8,10,13,16H,4-6,9,11-12H2,1-3H3,(H,21,25)/t16-/m1/s1. The first-order valence-electron chi connectivity index (χ1n) is 9.15. The SMILES string of the molecule is CCc1csc(CNC(=O)c2ccc(N(C)C[C@H]3CCCN3C)nc2)n1. The molecular weight excluding hydrogens is 346 g/mol. The van der Waals surface area contributed by atoms with Crippen molar-refractivity contribution in [3.05, 3.63) is 40.0 Å². The molecule has 1 aliphatic heterocycles. The number of carbonyl (C=O) groups is 1. The van der Waals surface area contributed by atoms with Crippen LogP contribution in [0, 0.1) is 0 Å². The highest BCUT2D eigenvalue weighted by Gasteiger charge is 2.22. The number of rotatable bonds is 7. The Balaban J connectivity index is 1.53. The summed E-state index contributed by atoms with van der Waals surface area (Å²) < 4.78 is 0. The fraction of sp³-hybridized carbons (Fsp3) is 0.526. The second-order valence-electron chi connectivity index (χ2n) is 6.83. The molecule has 0 bridgehead atoms. The van der Waals surface area contributed by atoms with Gasteiger partial charge in [0.25, 0.3) is 5.91 Å². The lowest BCUT2D eigenvalue weighted by molar-refractivity contribution is 0.0950. The van der Waals surface area contributed by atoms with Crippen LogP contribution in [0.2, 0.25) is 0 Å². The number of likely N-dealkylation sites (tertiary alicyclic amines) is 1. The van der Waals surface area contributed by atoms with Gasteiger partial charge in [0.1, 0.15) is 10.8 Å². The van der Waals surface area contributed by atoms with Crippen molar-refractivity contribution in [1.29, 1.82) is 0 Å². The van der Waals surface area contributed by atoms with Gasteiger partial charge in [-0.1, -0.05) is 6.92 Å². The lowest BCUT2D eigenvalue weighted by Crippen LogP contribution is -2.37. The van der Waals surface area contributed by atoms with E-state index in [0.29, 0.717) is 18.2 Å². The second-order valence-corrected chi connectivity index (χ2v) is 7.77. The topological polar surface area (TPSA) is 61.4 Å². The highest BCUT2D eigenvalue weighted by molar-refractivity contribution is 7.09. The Morgan fingerprint density at radius 2 is 2.31 bits per heavy atom. The number of aryl methyl sites for hydroxylation is 1. The minimum absolute atomic E-state index is 0.115. The fourth-order valence-electron chi connectivity index (χ4n) is 3.22. The normalized spacial score (nSPS) is 17.4. The molecule has 0 aliphatic carbocycles. The van der Waals surface area contributed by atoms with Gasteiger partial charge in [-0.15, -0.1) is 11.3 Å². The van der Waals surface area contributed by atoms with Crippen molar-refractivity contribution >= 4 is 23.1 Å². The third kappa shape index (κ3) is 4.59. The number of carbonyl (C=O) groups excluding carboxylic acids is 1. The Morgan fingerprint density at radius 3 is 2.92 bits per heavy atom. The van der Waals surface area contributed by atoms with Gasteiger partial charge in [0.15, 0.2) is 0 Å². The van der Waals surface area contributed by atoms with Crippen LogP contribution in [0.15, 0.2) is 23.7 Å². The maximum Gasteiger partial charge on any atom is 0.253 e. The van der Waals surface area contributed by atoms with Crippen LogP contribution < -0.4 is 10.2 Å². The van der Waals surface area contributed by atoms with Crippen molar-refractivity contribution in [3.8, 4) is 0 Å². The summed E-state index contributed by atoms with van der Waals surface area (Å²) in [5.74, 6) is 0.782. The second kappa shape index (κ2) is 8.60. The Bertz CT molecular complexity index is 730. The number of thiazole rings is 1. The van der Waals surface area contributed by atoms with Crippen molar-refractivity contribution in [2.24, 2.45) is 0 Å². The van der Waals surface area contributed by atoms with Gasteiger partial charge >= 0.3 is 0 Å². The largest absolute Gasteiger partial charge is 0.358 e. The summed E-state index contributed by atoms with van der Waals surface area (Å²) in [5, 5.41) is 5.88. The smallest absolute Gasteiger partial charge is 0.253 e. The number of aromatic nitrogens is 2. The summed E-state index contributed by atoms with van der Waals surface area (Å²) in [6.45, 7) is 4.66. The molecule has 3 heterocycles. The van der Waals surface area contributed by atoms with Crippen LogP contribution in [0.1, 0.15) is 40.8 Å². The number of amides is 1. The van der Waals surface area contributed by atoms with E-state index in [1.54, 1.807) is 17.5 Å². The van der Waals surface area contributed by atoms with Crippen LogP contribution >= 0.6 is 11.3 Å². The van der Waals surface area contributed by atoms with Gasteiger partial charge in [0, 0.05) is 31.2 Å². The number of anilines is 1. The average Bonchev–Trinajstić information content (AvgIpc) is 3.29. The van der Waals surface area contributed by atoms with E-state index >= 15 is 0 Å². The zero-order chi connectivity index (χ0) is 18.5. The van der Waals surface area contributed by atoms with Crippen LogP contribution in [0.25, 0.3) is 0 Å². The molecule has 7 heteroatoms. The van der Waals surface area contributed by atoms with Gasteiger partial charge in [-0.25, -0.2) is 9.97 Å². The van der Waals surface area contributed by atoms with Crippen molar-refractivity contribution in [2.45, 2.75) is 38.8 Å². The molecular formula is C19H27N5OS. The van der Waals surface area contributed by atoms with Crippen LogP contribution in [0.5, 0.6) is 0 Å². The molecule has 26 heavy (non-hydrogen) atoms. The van der Waals surface area contributed by atoms with E-state index in [2.05, 4.69) is 46.1 Å². The average molecular weight is 374 g/mol. The maximum absolute atomic E-state index is 12.3. The first kappa shape index (κ1) is 18.8. The van der Waals surface area contributed by atoms with E-state index in [-0.39, 0.29) is 5.91 Å². The molecule has 140 valence electrons. The molecule has 1 fully saturated rings. The van der Waals surface area contributed by atoms with E-state index in [1.807, 2.05) is 17.5 Å². The Kier molecular flexibility index (Phi) is 6.21. The summed E-state index contributed by atoms with van der Waals surface area (Å²) in [6, 6.07) is 4.34. The number of nitrogens with zero attached hydrogens (tertiary/aromatic N) is 4. The summed E-state index contributed by atoms with van der Waals surface area (Å²) in [5.41, 5.74) is 1.65. The van der Waals surface area contributed by atoms with Crippen LogP contribution in [-0.2, 0) is 13.0 Å². The molecule has 1 aliphatic rings. The third-order valence-corrected chi connectivity index (χ3v) is 5.82. The van der Waals surface area contributed by atoms with Gasteiger partial charge < -0.3 is 15.1 Å². The molecule has 1 N–H and O–H groups in total. The number of nitrogens with one attached hydrogen (secondary N) is 1. The molecule has 3 rings (SSSR count). The molecule has 0 radical (unpaired) electrons. The van der Waals surface area contributed by atoms with Crippen LogP contribution in [0.3, 0.4) is 0 Å². The van der Waals surface area contributed by atoms with Crippen molar-refractivity contribution in [3.63, 3.8) is 0 Å². The third-order valence-electron chi connectivity index (χ3n) is 4.92. The van der Waals surface area contributed by atoms with Crippen LogP contribution in [0.4, 0.5) is 5.82 Å². The predicted octanol–water partition coefficient (Wildman–Crippen LogP) is 2.56.